The number of hydrogen-bond acceptors (Lipinski definition) is 10. The molecule has 8 aliphatic carbocycles. The molecule has 3 aliphatic heterocycles. The van der Waals surface area contributed by atoms with Gasteiger partial charge < -0.3 is 19.3 Å². The number of allylic oxidation sites excluding steroid dienone is 3. The summed E-state index contributed by atoms with van der Waals surface area (Å²) in [5.41, 5.74) is -0.745. The van der Waals surface area contributed by atoms with Crippen LogP contribution in [0.1, 0.15) is 70.6 Å². The van der Waals surface area contributed by atoms with E-state index in [1.165, 1.54) is 0 Å². The summed E-state index contributed by atoms with van der Waals surface area (Å²) < 4.78 is 18.4. The van der Waals surface area contributed by atoms with E-state index in [9.17, 15) is 19.5 Å². The minimum absolute atomic E-state index is 0.0980. The fourth-order valence-corrected chi connectivity index (χ4v) is 14.5. The molecule has 4 saturated carbocycles. The number of ketones is 3. The van der Waals surface area contributed by atoms with Crippen LogP contribution in [0.15, 0.2) is 83.1 Å². The van der Waals surface area contributed by atoms with Crippen LogP contribution in [0.2, 0.25) is 0 Å². The molecule has 0 amide bonds. The van der Waals surface area contributed by atoms with Gasteiger partial charge in [-0.05, 0) is 87.2 Å². The molecule has 0 aromatic heterocycles. The molecule has 3 heterocycles. The maximum absolute atomic E-state index is 16.4. The molecular formula is C45H44O10. The summed E-state index contributed by atoms with van der Waals surface area (Å²) in [6.45, 7) is 21.0. The minimum Gasteiger partial charge on any atom is -0.458 e. The largest absolute Gasteiger partial charge is 0.458 e. The molecule has 3 saturated heterocycles. The standard InChI is InChI=1S/C45H44O10/c1-17-6-8-24-19(3)41(50)54-37(24)30-26(17)16-27(46)44(30)15-14-43(52)12-11-25-20(4)42(51)55-38(25)33-32(43)34(44)39(48)45(33)13-10-22-7-9-23-18(2)40(49)53-36(23)28-21(5)35(47)31(45)29(22)28/h22-26,28,30,33,36-38,52H,1-16H2/t22-,23-,24+,25+,26+,28+,30+,33+,36+,37+,38+,43-,44-,45-/m1/s1. The molecule has 0 aromatic carbocycles. The number of fused-ring (bicyclic) bond motifs is 11. The molecule has 0 radical (unpaired) electrons. The van der Waals surface area contributed by atoms with Crippen molar-refractivity contribution in [2.75, 3.05) is 0 Å². The average molecular weight is 745 g/mol. The highest BCUT2D eigenvalue weighted by Crippen LogP contribution is 2.74. The summed E-state index contributed by atoms with van der Waals surface area (Å²) in [6, 6.07) is 0. The normalized spacial score (nSPS) is 48.0. The van der Waals surface area contributed by atoms with E-state index in [2.05, 4.69) is 32.9 Å². The van der Waals surface area contributed by atoms with Gasteiger partial charge >= 0.3 is 17.9 Å². The van der Waals surface area contributed by atoms with Gasteiger partial charge in [0.15, 0.2) is 11.6 Å². The van der Waals surface area contributed by atoms with Crippen molar-refractivity contribution in [3.05, 3.63) is 83.1 Å². The van der Waals surface area contributed by atoms with Gasteiger partial charge in [0.2, 0.25) is 0 Å². The van der Waals surface area contributed by atoms with E-state index in [0.29, 0.717) is 60.8 Å². The van der Waals surface area contributed by atoms with Gasteiger partial charge in [0, 0.05) is 75.4 Å². The first-order chi connectivity index (χ1) is 26.2. The van der Waals surface area contributed by atoms with E-state index in [4.69, 9.17) is 14.2 Å². The Balaban J connectivity index is 1.19. The maximum atomic E-state index is 16.4. The Bertz CT molecular complexity index is 2200. The average Bonchev–Trinajstić information content (AvgIpc) is 3.85. The lowest BCUT2D eigenvalue weighted by Gasteiger charge is -2.47. The molecule has 0 unspecified atom stereocenters. The topological polar surface area (TPSA) is 150 Å². The van der Waals surface area contributed by atoms with Gasteiger partial charge in [-0.15, -0.1) is 0 Å². The highest BCUT2D eigenvalue weighted by Gasteiger charge is 2.77. The number of aliphatic hydroxyl groups is 1. The lowest BCUT2D eigenvalue weighted by atomic mass is 9.56. The van der Waals surface area contributed by atoms with Gasteiger partial charge in [0.25, 0.3) is 0 Å². The zero-order valence-corrected chi connectivity index (χ0v) is 30.8. The van der Waals surface area contributed by atoms with Gasteiger partial charge in [-0.25, -0.2) is 14.4 Å². The van der Waals surface area contributed by atoms with E-state index in [1.54, 1.807) is 0 Å². The lowest BCUT2D eigenvalue weighted by Crippen LogP contribution is -2.51. The second-order valence-corrected chi connectivity index (χ2v) is 18.5. The zero-order valence-electron chi connectivity index (χ0n) is 30.8. The quantitative estimate of drug-likeness (QED) is 0.157. The van der Waals surface area contributed by atoms with Gasteiger partial charge in [-0.2, -0.15) is 0 Å². The molecule has 0 aromatic rings. The molecule has 2 spiro atoms. The van der Waals surface area contributed by atoms with Crippen LogP contribution >= 0.6 is 0 Å². The van der Waals surface area contributed by atoms with E-state index in [0.717, 1.165) is 11.1 Å². The summed E-state index contributed by atoms with van der Waals surface area (Å²) in [7, 11) is 0. The zero-order chi connectivity index (χ0) is 38.4. The highest BCUT2D eigenvalue weighted by atomic mass is 16.6. The first-order valence-electron chi connectivity index (χ1n) is 20.1. The Kier molecular flexibility index (Phi) is 6.46. The molecule has 10 heteroatoms. The second-order valence-electron chi connectivity index (χ2n) is 18.5. The Hall–Kier alpha value is -4.44. The van der Waals surface area contributed by atoms with Gasteiger partial charge in [-0.1, -0.05) is 38.5 Å². The van der Waals surface area contributed by atoms with Crippen molar-refractivity contribution in [2.24, 2.45) is 58.2 Å². The summed E-state index contributed by atoms with van der Waals surface area (Å²) in [5.74, 6) is -6.38. The Morgan fingerprint density at radius 1 is 0.600 bits per heavy atom. The second kappa shape index (κ2) is 10.5. The summed E-state index contributed by atoms with van der Waals surface area (Å²) in [6.07, 6.45) is 1.90. The minimum atomic E-state index is -1.59. The third-order valence-corrected chi connectivity index (χ3v) is 16.9. The summed E-state index contributed by atoms with van der Waals surface area (Å²) >= 11 is 0. The molecule has 7 fully saturated rings. The van der Waals surface area contributed by atoms with Crippen molar-refractivity contribution in [1.29, 1.82) is 0 Å². The van der Waals surface area contributed by atoms with Crippen molar-refractivity contribution in [2.45, 2.75) is 94.5 Å². The van der Waals surface area contributed by atoms with Crippen LogP contribution in [0.4, 0.5) is 0 Å². The van der Waals surface area contributed by atoms with Crippen molar-refractivity contribution in [3.8, 4) is 0 Å². The predicted octanol–water partition coefficient (Wildman–Crippen LogP) is 4.88. The molecule has 284 valence electrons. The van der Waals surface area contributed by atoms with Crippen LogP contribution in [0.25, 0.3) is 0 Å². The Morgan fingerprint density at radius 3 is 1.95 bits per heavy atom. The predicted molar refractivity (Wildman–Crippen MR) is 193 cm³/mol. The van der Waals surface area contributed by atoms with Crippen molar-refractivity contribution in [1.82, 2.24) is 0 Å². The monoisotopic (exact) mass is 744 g/mol. The van der Waals surface area contributed by atoms with Crippen molar-refractivity contribution >= 4 is 35.3 Å². The van der Waals surface area contributed by atoms with Crippen LogP contribution in [0, 0.1) is 58.2 Å². The third-order valence-electron chi connectivity index (χ3n) is 16.9. The first-order valence-corrected chi connectivity index (χ1v) is 20.1. The maximum Gasteiger partial charge on any atom is 0.334 e. The molecule has 11 aliphatic rings. The number of carbonyl (C=O) groups excluding carboxylic acids is 6. The highest BCUT2D eigenvalue weighted by molar-refractivity contribution is 6.22. The van der Waals surface area contributed by atoms with Crippen LogP contribution in [-0.2, 0) is 43.0 Å². The van der Waals surface area contributed by atoms with Crippen LogP contribution in [0.5, 0.6) is 0 Å². The van der Waals surface area contributed by atoms with Crippen molar-refractivity contribution in [3.63, 3.8) is 0 Å². The molecule has 55 heavy (non-hydrogen) atoms. The number of Topliss-reactive ketones (excluding diaryl/α,β-unsaturated/α-hetero) is 3. The van der Waals surface area contributed by atoms with E-state index in [-0.39, 0.29) is 89.8 Å². The van der Waals surface area contributed by atoms with Crippen molar-refractivity contribution < 1.29 is 48.1 Å². The Labute approximate surface area is 318 Å². The lowest BCUT2D eigenvalue weighted by molar-refractivity contribution is -0.147. The molecule has 14 atom stereocenters. The number of esters is 3. The molecule has 10 nitrogen and oxygen atoms in total. The fourth-order valence-electron chi connectivity index (χ4n) is 14.5. The number of ether oxygens (including phenoxy) is 3. The first kappa shape index (κ1) is 33.9. The molecular weight excluding hydrogens is 700 g/mol. The van der Waals surface area contributed by atoms with Gasteiger partial charge in [0.1, 0.15) is 24.1 Å². The molecule has 1 N–H and O–H groups in total. The van der Waals surface area contributed by atoms with E-state index in [1.807, 2.05) is 0 Å². The SMILES string of the molecule is C=C1C(=O)C2=C3[C@H](CC[C@@H]4C(=C)C(=O)O[C@@H]4[C@@H]13)CC[C@@]21C(=O)C2=C3[C@H]1[C@H]1OC(=O)C(=C)[C@@H]1CC[C@@]3(O)CC[C@]21C(=O)C[C@H]2C(=C)CC[C@H]3C(=C)C(=O)O[C@@H]3[C@H]21. The fraction of sp³-hybridized carbons (Fsp3) is 0.556. The van der Waals surface area contributed by atoms with E-state index >= 15 is 14.4 Å². The van der Waals surface area contributed by atoms with Gasteiger partial charge in [-0.3, -0.25) is 14.4 Å². The smallest absolute Gasteiger partial charge is 0.334 e. The molecule has 0 bridgehead atoms. The summed E-state index contributed by atoms with van der Waals surface area (Å²) in [5, 5.41) is 13.0. The Morgan fingerprint density at radius 2 is 1.24 bits per heavy atom. The van der Waals surface area contributed by atoms with Gasteiger partial charge in [0.05, 0.1) is 16.4 Å². The molecule has 11 rings (SSSR count). The number of rotatable bonds is 0. The van der Waals surface area contributed by atoms with Crippen LogP contribution < -0.4 is 0 Å². The van der Waals surface area contributed by atoms with E-state index < -0.39 is 76.3 Å². The number of hydrogen-bond donors (Lipinski definition) is 1. The summed E-state index contributed by atoms with van der Waals surface area (Å²) in [4.78, 5) is 86.2. The van der Waals surface area contributed by atoms with Crippen LogP contribution in [-0.4, -0.2) is 64.3 Å². The number of carbonyl (C=O) groups is 6. The third kappa shape index (κ3) is 3.68. The van der Waals surface area contributed by atoms with Crippen LogP contribution in [0.3, 0.4) is 0 Å².